The van der Waals surface area contributed by atoms with E-state index in [1.165, 1.54) is 31.6 Å². The highest BCUT2D eigenvalue weighted by molar-refractivity contribution is 5.88. The number of ether oxygens (including phenoxy) is 1. The fourth-order valence-electron chi connectivity index (χ4n) is 2.75. The molecule has 1 aromatic carbocycles. The van der Waals surface area contributed by atoms with Crippen LogP contribution in [-0.4, -0.2) is 30.6 Å². The maximum atomic E-state index is 11.9. The van der Waals surface area contributed by atoms with Gasteiger partial charge in [-0.3, -0.25) is 4.79 Å². The highest BCUT2D eigenvalue weighted by Crippen LogP contribution is 2.21. The lowest BCUT2D eigenvalue weighted by atomic mass is 9.97. The van der Waals surface area contributed by atoms with Crippen molar-refractivity contribution in [3.63, 3.8) is 0 Å². The molecule has 0 heterocycles. The van der Waals surface area contributed by atoms with Crippen LogP contribution in [-0.2, 0) is 11.2 Å². The molecule has 1 amide bonds. The third-order valence-corrected chi connectivity index (χ3v) is 4.02. The van der Waals surface area contributed by atoms with Crippen molar-refractivity contribution in [2.45, 2.75) is 38.5 Å². The van der Waals surface area contributed by atoms with Gasteiger partial charge >= 0.3 is 5.97 Å². The lowest BCUT2D eigenvalue weighted by Crippen LogP contribution is -2.26. The Labute approximate surface area is 136 Å². The predicted octanol–water partition coefficient (Wildman–Crippen LogP) is 2.94. The Balaban J connectivity index is 1.84. The van der Waals surface area contributed by atoms with Crippen LogP contribution in [0.2, 0.25) is 0 Å². The van der Waals surface area contributed by atoms with Crippen molar-refractivity contribution in [3.05, 3.63) is 41.0 Å². The van der Waals surface area contributed by atoms with E-state index in [1.807, 2.05) is 0 Å². The van der Waals surface area contributed by atoms with E-state index in [4.69, 9.17) is 9.84 Å². The zero-order chi connectivity index (χ0) is 16.7. The number of carboxylic acid groups (broad SMARTS) is 1. The quantitative estimate of drug-likeness (QED) is 0.758. The zero-order valence-electron chi connectivity index (χ0n) is 13.4. The van der Waals surface area contributed by atoms with Crippen LogP contribution in [0.1, 0.15) is 48.0 Å². The number of methoxy groups -OCH3 is 1. The Kier molecular flexibility index (Phi) is 6.20. The largest absolute Gasteiger partial charge is 0.496 e. The minimum absolute atomic E-state index is 0.0410. The number of rotatable bonds is 7. The van der Waals surface area contributed by atoms with Gasteiger partial charge in [0.15, 0.2) is 0 Å². The summed E-state index contributed by atoms with van der Waals surface area (Å²) in [5.74, 6) is -0.405. The van der Waals surface area contributed by atoms with E-state index in [2.05, 4.69) is 11.4 Å². The first-order valence-electron chi connectivity index (χ1n) is 7.95. The Bertz CT molecular complexity index is 607. The lowest BCUT2D eigenvalue weighted by Gasteiger charge is -2.13. The van der Waals surface area contributed by atoms with Crippen LogP contribution in [0, 0.1) is 0 Å². The molecule has 1 aliphatic rings. The van der Waals surface area contributed by atoms with Crippen molar-refractivity contribution in [1.29, 1.82) is 0 Å². The second-order valence-electron chi connectivity index (χ2n) is 5.72. The molecule has 0 fully saturated rings. The van der Waals surface area contributed by atoms with Gasteiger partial charge in [-0.2, -0.15) is 0 Å². The molecule has 1 aliphatic carbocycles. The van der Waals surface area contributed by atoms with Crippen molar-refractivity contribution in [2.75, 3.05) is 13.7 Å². The maximum Gasteiger partial charge on any atom is 0.335 e. The highest BCUT2D eigenvalue weighted by atomic mass is 16.5. The predicted molar refractivity (Wildman–Crippen MR) is 87.8 cm³/mol. The molecule has 0 saturated carbocycles. The molecule has 1 aromatic rings. The van der Waals surface area contributed by atoms with Gasteiger partial charge in [0.2, 0.25) is 5.91 Å². The fourth-order valence-corrected chi connectivity index (χ4v) is 2.75. The zero-order valence-corrected chi connectivity index (χ0v) is 13.4. The maximum absolute atomic E-state index is 11.9. The highest BCUT2D eigenvalue weighted by Gasteiger charge is 2.11. The average Bonchev–Trinajstić information content (AvgIpc) is 2.55. The number of amides is 1. The molecule has 5 heteroatoms. The molecule has 23 heavy (non-hydrogen) atoms. The second kappa shape index (κ2) is 8.36. The van der Waals surface area contributed by atoms with Gasteiger partial charge in [-0.1, -0.05) is 17.7 Å². The Morgan fingerprint density at radius 3 is 2.78 bits per heavy atom. The Morgan fingerprint density at radius 2 is 2.13 bits per heavy atom. The van der Waals surface area contributed by atoms with Gasteiger partial charge in [0, 0.05) is 13.0 Å². The summed E-state index contributed by atoms with van der Waals surface area (Å²) in [6.07, 6.45) is 7.76. The molecule has 124 valence electrons. The molecule has 0 aromatic heterocycles. The number of allylic oxidation sites excluding steroid dienone is 1. The molecule has 0 spiro atoms. The van der Waals surface area contributed by atoms with Crippen molar-refractivity contribution in [3.8, 4) is 5.75 Å². The summed E-state index contributed by atoms with van der Waals surface area (Å²) >= 11 is 0. The number of carbonyl (C=O) groups is 2. The van der Waals surface area contributed by atoms with Crippen LogP contribution in [0.15, 0.2) is 29.8 Å². The average molecular weight is 317 g/mol. The van der Waals surface area contributed by atoms with E-state index in [-0.39, 0.29) is 11.5 Å². The minimum Gasteiger partial charge on any atom is -0.496 e. The minimum atomic E-state index is -0.982. The van der Waals surface area contributed by atoms with E-state index in [1.54, 1.807) is 12.1 Å². The van der Waals surface area contributed by atoms with Gasteiger partial charge in [0.05, 0.1) is 12.7 Å². The summed E-state index contributed by atoms with van der Waals surface area (Å²) < 4.78 is 5.23. The first-order chi connectivity index (χ1) is 11.1. The van der Waals surface area contributed by atoms with Crippen molar-refractivity contribution < 1.29 is 19.4 Å². The van der Waals surface area contributed by atoms with Crippen LogP contribution in [0.5, 0.6) is 5.75 Å². The van der Waals surface area contributed by atoms with E-state index in [0.29, 0.717) is 25.1 Å². The van der Waals surface area contributed by atoms with Crippen LogP contribution in [0.25, 0.3) is 0 Å². The number of hydrogen-bond acceptors (Lipinski definition) is 3. The molecule has 5 nitrogen and oxygen atoms in total. The van der Waals surface area contributed by atoms with Crippen LogP contribution < -0.4 is 10.1 Å². The number of carboxylic acids is 1. The van der Waals surface area contributed by atoms with E-state index >= 15 is 0 Å². The van der Waals surface area contributed by atoms with E-state index in [9.17, 15) is 9.59 Å². The topological polar surface area (TPSA) is 75.6 Å². The Hall–Kier alpha value is -2.30. The van der Waals surface area contributed by atoms with Gasteiger partial charge in [0.25, 0.3) is 0 Å². The molecule has 2 N–H and O–H groups in total. The third-order valence-electron chi connectivity index (χ3n) is 4.02. The van der Waals surface area contributed by atoms with Crippen molar-refractivity contribution >= 4 is 11.9 Å². The normalized spacial score (nSPS) is 14.0. The molecule has 0 radical (unpaired) electrons. The summed E-state index contributed by atoms with van der Waals surface area (Å²) in [4.78, 5) is 22.9. The summed E-state index contributed by atoms with van der Waals surface area (Å²) in [6.45, 7) is 0.509. The number of nitrogens with one attached hydrogen (secondary N) is 1. The van der Waals surface area contributed by atoms with Crippen molar-refractivity contribution in [2.24, 2.45) is 0 Å². The molecule has 0 atom stereocenters. The van der Waals surface area contributed by atoms with Crippen molar-refractivity contribution in [1.82, 2.24) is 5.32 Å². The summed E-state index contributed by atoms with van der Waals surface area (Å²) in [7, 11) is 1.51. The molecule has 0 saturated heterocycles. The first-order valence-corrected chi connectivity index (χ1v) is 7.95. The van der Waals surface area contributed by atoms with Crippen LogP contribution in [0.4, 0.5) is 0 Å². The molecular weight excluding hydrogens is 294 g/mol. The second-order valence-corrected chi connectivity index (χ2v) is 5.72. The standard InChI is InChI=1S/C18H23NO4/c1-23-16-12-15(18(21)22)8-7-14(16)9-10-19-17(20)11-13-5-3-2-4-6-13/h5,7-8,12H,2-4,6,9-11H2,1H3,(H,19,20)(H,21,22). The molecule has 0 aliphatic heterocycles. The number of hydrogen-bond donors (Lipinski definition) is 2. The third kappa shape index (κ3) is 5.13. The van der Waals surface area contributed by atoms with E-state index in [0.717, 1.165) is 18.4 Å². The van der Waals surface area contributed by atoms with Gasteiger partial charge in [-0.25, -0.2) is 4.79 Å². The van der Waals surface area contributed by atoms with Gasteiger partial charge < -0.3 is 15.2 Å². The summed E-state index contributed by atoms with van der Waals surface area (Å²) in [6, 6.07) is 4.79. The van der Waals surface area contributed by atoms with Gasteiger partial charge in [-0.05, 0) is 49.8 Å². The monoisotopic (exact) mass is 317 g/mol. The summed E-state index contributed by atoms with van der Waals surface area (Å²) in [5.41, 5.74) is 2.31. The van der Waals surface area contributed by atoms with Crippen LogP contribution >= 0.6 is 0 Å². The number of aromatic carboxylic acids is 1. The van der Waals surface area contributed by atoms with Gasteiger partial charge in [-0.15, -0.1) is 0 Å². The lowest BCUT2D eigenvalue weighted by molar-refractivity contribution is -0.120. The molecular formula is C18H23NO4. The molecule has 0 bridgehead atoms. The summed E-state index contributed by atoms with van der Waals surface area (Å²) in [5, 5.41) is 11.9. The first kappa shape index (κ1) is 17.1. The van der Waals surface area contributed by atoms with Crippen LogP contribution in [0.3, 0.4) is 0 Å². The Morgan fingerprint density at radius 1 is 1.30 bits per heavy atom. The number of carbonyl (C=O) groups excluding carboxylic acids is 1. The number of benzene rings is 1. The fraction of sp³-hybridized carbons (Fsp3) is 0.444. The molecule has 0 unspecified atom stereocenters. The molecule has 2 rings (SSSR count). The van der Waals surface area contributed by atoms with Gasteiger partial charge in [0.1, 0.15) is 5.75 Å². The smallest absolute Gasteiger partial charge is 0.335 e. The SMILES string of the molecule is COc1cc(C(=O)O)ccc1CCNC(=O)CC1=CCCCC1. The van der Waals surface area contributed by atoms with E-state index < -0.39 is 5.97 Å².